The molecule has 2 N–H and O–H groups in total. The van der Waals surface area contributed by atoms with Gasteiger partial charge in [0.2, 0.25) is 0 Å². The van der Waals surface area contributed by atoms with Crippen LogP contribution in [0.1, 0.15) is 12.5 Å². The number of nitrogens with two attached hydrogens (primary N) is 1. The molecule has 0 saturated carbocycles. The van der Waals surface area contributed by atoms with Crippen LogP contribution in [0.4, 0.5) is 5.82 Å². The Labute approximate surface area is 115 Å². The summed E-state index contributed by atoms with van der Waals surface area (Å²) in [5.74, 6) is 2.13. The fourth-order valence-corrected chi connectivity index (χ4v) is 2.55. The van der Waals surface area contributed by atoms with Crippen LogP contribution in [0.15, 0.2) is 16.7 Å². The van der Waals surface area contributed by atoms with Gasteiger partial charge >= 0.3 is 0 Å². The zero-order valence-corrected chi connectivity index (χ0v) is 11.2. The number of benzene rings is 1. The summed E-state index contributed by atoms with van der Waals surface area (Å²) in [5, 5.41) is 4.26. The van der Waals surface area contributed by atoms with E-state index in [1.54, 1.807) is 6.07 Å². The molecule has 0 bridgehead atoms. The van der Waals surface area contributed by atoms with E-state index in [1.807, 2.05) is 13.0 Å². The first kappa shape index (κ1) is 12.2. The van der Waals surface area contributed by atoms with Gasteiger partial charge in [-0.1, -0.05) is 23.7 Å². The van der Waals surface area contributed by atoms with E-state index in [0.717, 1.165) is 17.5 Å². The average molecular weight is 281 g/mol. The smallest absolute Gasteiger partial charge is 0.180 e. The molecular formula is C13H13ClN2O3. The Bertz CT molecular complexity index is 625. The number of nitrogens with zero attached hydrogens (tertiary/aromatic N) is 1. The van der Waals surface area contributed by atoms with Crippen molar-refractivity contribution in [3.63, 3.8) is 0 Å². The number of anilines is 1. The van der Waals surface area contributed by atoms with E-state index in [1.165, 1.54) is 0 Å². The highest BCUT2D eigenvalue weighted by Gasteiger charge is 2.23. The molecule has 0 fully saturated rings. The minimum atomic E-state index is 0.336. The average Bonchev–Trinajstić information content (AvgIpc) is 2.85. The van der Waals surface area contributed by atoms with E-state index in [0.29, 0.717) is 41.3 Å². The van der Waals surface area contributed by atoms with Gasteiger partial charge in [-0.3, -0.25) is 0 Å². The zero-order valence-electron chi connectivity index (χ0n) is 10.4. The van der Waals surface area contributed by atoms with Crippen LogP contribution in [0, 0.1) is 0 Å². The molecule has 100 valence electrons. The van der Waals surface area contributed by atoms with Crippen LogP contribution in [0.25, 0.3) is 11.3 Å². The molecule has 2 heterocycles. The lowest BCUT2D eigenvalue weighted by atomic mass is 10.0. The van der Waals surface area contributed by atoms with Gasteiger partial charge in [-0.05, 0) is 18.1 Å². The number of ether oxygens (including phenoxy) is 2. The Morgan fingerprint density at radius 2 is 2.11 bits per heavy atom. The van der Waals surface area contributed by atoms with E-state index in [4.69, 9.17) is 31.3 Å². The minimum absolute atomic E-state index is 0.336. The molecule has 0 unspecified atom stereocenters. The normalized spacial score (nSPS) is 13.6. The predicted molar refractivity (Wildman–Crippen MR) is 71.7 cm³/mol. The second kappa shape index (κ2) is 4.66. The molecule has 19 heavy (non-hydrogen) atoms. The number of nitrogen functional groups attached to an aromatic ring is 1. The highest BCUT2D eigenvalue weighted by molar-refractivity contribution is 6.33. The molecule has 3 rings (SSSR count). The first-order valence-corrected chi connectivity index (χ1v) is 6.42. The molecule has 2 aromatic rings. The van der Waals surface area contributed by atoms with E-state index < -0.39 is 0 Å². The van der Waals surface area contributed by atoms with Gasteiger partial charge in [0.25, 0.3) is 0 Å². The van der Waals surface area contributed by atoms with E-state index in [-0.39, 0.29) is 0 Å². The van der Waals surface area contributed by atoms with Crippen LogP contribution in [-0.2, 0) is 6.42 Å². The Balaban J connectivity index is 2.21. The van der Waals surface area contributed by atoms with E-state index in [9.17, 15) is 0 Å². The van der Waals surface area contributed by atoms with Crippen LogP contribution < -0.4 is 15.2 Å². The van der Waals surface area contributed by atoms with Gasteiger partial charge in [0.15, 0.2) is 23.1 Å². The van der Waals surface area contributed by atoms with E-state index in [2.05, 4.69) is 5.16 Å². The van der Waals surface area contributed by atoms with Gasteiger partial charge < -0.3 is 19.7 Å². The molecule has 0 amide bonds. The number of halogens is 1. The maximum Gasteiger partial charge on any atom is 0.180 e. The van der Waals surface area contributed by atoms with Gasteiger partial charge in [-0.25, -0.2) is 0 Å². The topological polar surface area (TPSA) is 70.5 Å². The summed E-state index contributed by atoms with van der Waals surface area (Å²) in [6, 6.07) is 3.53. The van der Waals surface area contributed by atoms with Gasteiger partial charge in [0.05, 0.1) is 5.02 Å². The monoisotopic (exact) mass is 280 g/mol. The molecular weight excluding hydrogens is 268 g/mol. The third-order valence-electron chi connectivity index (χ3n) is 3.02. The minimum Gasteiger partial charge on any atom is -0.486 e. The lowest BCUT2D eigenvalue weighted by Crippen LogP contribution is -2.16. The molecule has 1 aromatic heterocycles. The number of rotatable bonds is 2. The summed E-state index contributed by atoms with van der Waals surface area (Å²) in [7, 11) is 0. The van der Waals surface area contributed by atoms with Crippen molar-refractivity contribution < 1.29 is 14.0 Å². The molecule has 0 atom stereocenters. The second-order valence-corrected chi connectivity index (χ2v) is 4.59. The van der Waals surface area contributed by atoms with Crippen molar-refractivity contribution in [1.82, 2.24) is 5.16 Å². The number of hydrogen-bond donors (Lipinski definition) is 1. The molecule has 1 aliphatic heterocycles. The van der Waals surface area contributed by atoms with Crippen molar-refractivity contribution >= 4 is 17.4 Å². The molecule has 5 nitrogen and oxygen atoms in total. The van der Waals surface area contributed by atoms with E-state index >= 15 is 0 Å². The Hall–Kier alpha value is -1.88. The maximum atomic E-state index is 6.39. The van der Waals surface area contributed by atoms with Crippen molar-refractivity contribution in [2.45, 2.75) is 13.3 Å². The summed E-state index contributed by atoms with van der Waals surface area (Å²) in [5.41, 5.74) is 7.36. The van der Waals surface area contributed by atoms with Crippen molar-refractivity contribution in [2.24, 2.45) is 0 Å². The van der Waals surface area contributed by atoms with Gasteiger partial charge in [0, 0.05) is 11.6 Å². The predicted octanol–water partition coefficient (Wildman–Crippen LogP) is 2.91. The van der Waals surface area contributed by atoms with Gasteiger partial charge in [-0.2, -0.15) is 0 Å². The largest absolute Gasteiger partial charge is 0.486 e. The number of hydrogen-bond acceptors (Lipinski definition) is 5. The summed E-state index contributed by atoms with van der Waals surface area (Å²) in [4.78, 5) is 0. The van der Waals surface area contributed by atoms with Gasteiger partial charge in [0.1, 0.15) is 13.2 Å². The van der Waals surface area contributed by atoms with Crippen LogP contribution >= 0.6 is 11.6 Å². The molecule has 1 aliphatic rings. The molecule has 0 spiro atoms. The Kier molecular flexibility index (Phi) is 2.98. The maximum absolute atomic E-state index is 6.39. The second-order valence-electron chi connectivity index (χ2n) is 4.21. The summed E-state index contributed by atoms with van der Waals surface area (Å²) in [6.07, 6.45) is 0.741. The molecule has 1 aromatic carbocycles. The lowest BCUT2D eigenvalue weighted by Gasteiger charge is -2.22. The summed E-state index contributed by atoms with van der Waals surface area (Å²) < 4.78 is 16.3. The lowest BCUT2D eigenvalue weighted by molar-refractivity contribution is 0.171. The highest BCUT2D eigenvalue weighted by Crippen LogP contribution is 2.44. The molecule has 0 aliphatic carbocycles. The molecule has 0 saturated heterocycles. The Morgan fingerprint density at radius 1 is 1.32 bits per heavy atom. The third-order valence-corrected chi connectivity index (χ3v) is 3.42. The van der Waals surface area contributed by atoms with Crippen LogP contribution in [-0.4, -0.2) is 18.4 Å². The highest BCUT2D eigenvalue weighted by atomic mass is 35.5. The standard InChI is InChI=1S/C13H13ClN2O3/c1-2-7-8(9-6-11(15)16-19-9)5-10-13(12(7)14)18-4-3-17-10/h5-6H,2-4H2,1H3,(H2,15,16). The fraction of sp³-hybridized carbons (Fsp3) is 0.308. The van der Waals surface area contributed by atoms with Crippen LogP contribution in [0.5, 0.6) is 11.5 Å². The summed E-state index contributed by atoms with van der Waals surface area (Å²) >= 11 is 6.39. The molecule has 6 heteroatoms. The number of fused-ring (bicyclic) bond motifs is 1. The first-order valence-electron chi connectivity index (χ1n) is 6.04. The third kappa shape index (κ3) is 2.00. The first-order chi connectivity index (χ1) is 9.20. The fourth-order valence-electron chi connectivity index (χ4n) is 2.17. The SMILES string of the molecule is CCc1c(-c2cc(N)no2)cc2c(c1Cl)OCCO2. The Morgan fingerprint density at radius 3 is 2.79 bits per heavy atom. The zero-order chi connectivity index (χ0) is 13.4. The van der Waals surface area contributed by atoms with Crippen molar-refractivity contribution in [3.05, 3.63) is 22.7 Å². The van der Waals surface area contributed by atoms with Crippen LogP contribution in [0.3, 0.4) is 0 Å². The van der Waals surface area contributed by atoms with Crippen molar-refractivity contribution in [1.29, 1.82) is 0 Å². The number of aromatic nitrogens is 1. The summed E-state index contributed by atoms with van der Waals surface area (Å²) in [6.45, 7) is 3.03. The molecule has 0 radical (unpaired) electrons. The van der Waals surface area contributed by atoms with Gasteiger partial charge in [-0.15, -0.1) is 0 Å². The quantitative estimate of drug-likeness (QED) is 0.916. The van der Waals surface area contributed by atoms with Crippen molar-refractivity contribution in [3.8, 4) is 22.8 Å². The van der Waals surface area contributed by atoms with Crippen LogP contribution in [0.2, 0.25) is 5.02 Å². The van der Waals surface area contributed by atoms with Crippen molar-refractivity contribution in [2.75, 3.05) is 18.9 Å².